The van der Waals surface area contributed by atoms with Crippen molar-refractivity contribution < 1.29 is 10.2 Å². The minimum atomic E-state index is -0.153. The standard InChI is InChI=1S/C23H45N7O2/c1-8-23(6,7)30(17-15-21(2,3)29-22(4,5)16-17)20-27-18(24-11-9-13-31)26-19(28-20)25-12-10-14-32/h17,29,31-32H,8-16H2,1-7H3,(H2,24,25,26,27,28). The lowest BCUT2D eigenvalue weighted by Crippen LogP contribution is -2.65. The van der Waals surface area contributed by atoms with Crippen LogP contribution in [0.15, 0.2) is 0 Å². The molecule has 1 aromatic heterocycles. The first-order valence-corrected chi connectivity index (χ1v) is 12.0. The van der Waals surface area contributed by atoms with E-state index in [1.165, 1.54) is 0 Å². The molecule has 0 unspecified atom stereocenters. The average molecular weight is 452 g/mol. The van der Waals surface area contributed by atoms with Crippen LogP contribution in [0.3, 0.4) is 0 Å². The zero-order valence-corrected chi connectivity index (χ0v) is 21.1. The van der Waals surface area contributed by atoms with Crippen molar-refractivity contribution >= 4 is 17.8 Å². The molecular weight excluding hydrogens is 406 g/mol. The van der Waals surface area contributed by atoms with Crippen molar-refractivity contribution in [3.05, 3.63) is 0 Å². The van der Waals surface area contributed by atoms with Gasteiger partial charge in [0, 0.05) is 49.0 Å². The van der Waals surface area contributed by atoms with Crippen LogP contribution in [0.25, 0.3) is 0 Å². The van der Waals surface area contributed by atoms with Crippen molar-refractivity contribution in [2.45, 2.75) is 103 Å². The summed E-state index contributed by atoms with van der Waals surface area (Å²) in [5.74, 6) is 1.65. The Morgan fingerprint density at radius 1 is 0.938 bits per heavy atom. The fraction of sp³-hybridized carbons (Fsp3) is 0.870. The third-order valence-corrected chi connectivity index (χ3v) is 6.13. The predicted octanol–water partition coefficient (Wildman–Crippen LogP) is 2.76. The Morgan fingerprint density at radius 3 is 1.81 bits per heavy atom. The van der Waals surface area contributed by atoms with Crippen LogP contribution in [0.2, 0.25) is 0 Å². The number of piperidine rings is 1. The van der Waals surface area contributed by atoms with E-state index in [0.29, 0.717) is 43.8 Å². The summed E-state index contributed by atoms with van der Waals surface area (Å²) in [5, 5.41) is 28.5. The molecule has 184 valence electrons. The Balaban J connectivity index is 2.48. The van der Waals surface area contributed by atoms with E-state index in [2.05, 4.69) is 74.3 Å². The topological polar surface area (TPSA) is 118 Å². The number of rotatable bonds is 12. The molecular formula is C23H45N7O2. The summed E-state index contributed by atoms with van der Waals surface area (Å²) in [4.78, 5) is 16.5. The molecule has 1 saturated heterocycles. The van der Waals surface area contributed by atoms with E-state index in [4.69, 9.17) is 20.2 Å². The highest BCUT2D eigenvalue weighted by molar-refractivity contribution is 5.47. The fourth-order valence-electron chi connectivity index (χ4n) is 4.74. The minimum absolute atomic E-state index is 0.00801. The molecule has 0 saturated carbocycles. The third-order valence-electron chi connectivity index (χ3n) is 6.13. The zero-order valence-electron chi connectivity index (χ0n) is 21.1. The third kappa shape index (κ3) is 7.42. The molecule has 0 atom stereocenters. The van der Waals surface area contributed by atoms with Gasteiger partial charge in [0.2, 0.25) is 17.8 Å². The molecule has 0 aromatic carbocycles. The Hall–Kier alpha value is -1.71. The Kier molecular flexibility index (Phi) is 9.07. The van der Waals surface area contributed by atoms with Crippen LogP contribution in [0.4, 0.5) is 17.8 Å². The van der Waals surface area contributed by atoms with E-state index < -0.39 is 0 Å². The summed E-state index contributed by atoms with van der Waals surface area (Å²) in [6, 6.07) is 0.259. The maximum atomic E-state index is 9.15. The van der Waals surface area contributed by atoms with Crippen LogP contribution in [0.1, 0.15) is 80.6 Å². The molecule has 1 fully saturated rings. The Labute approximate surface area is 193 Å². The Bertz CT molecular complexity index is 680. The second-order valence-corrected chi connectivity index (χ2v) is 10.8. The van der Waals surface area contributed by atoms with Crippen LogP contribution in [-0.4, -0.2) is 74.1 Å². The molecule has 9 nitrogen and oxygen atoms in total. The number of nitrogens with zero attached hydrogens (tertiary/aromatic N) is 4. The van der Waals surface area contributed by atoms with Gasteiger partial charge in [0.1, 0.15) is 0 Å². The Morgan fingerprint density at radius 2 is 1.41 bits per heavy atom. The highest BCUT2D eigenvalue weighted by Crippen LogP contribution is 2.37. The normalized spacial score (nSPS) is 18.4. The van der Waals surface area contributed by atoms with Gasteiger partial charge in [-0.15, -0.1) is 0 Å². The lowest BCUT2D eigenvalue weighted by molar-refractivity contribution is 0.146. The molecule has 2 rings (SSSR count). The number of hydrogen-bond donors (Lipinski definition) is 5. The molecule has 1 aliphatic rings. The first-order valence-electron chi connectivity index (χ1n) is 12.0. The van der Waals surface area contributed by atoms with E-state index >= 15 is 0 Å². The first kappa shape index (κ1) is 26.5. The van der Waals surface area contributed by atoms with Gasteiger partial charge in [-0.25, -0.2) is 0 Å². The molecule has 0 spiro atoms. The van der Waals surface area contributed by atoms with Crippen molar-refractivity contribution in [3.8, 4) is 0 Å². The van der Waals surface area contributed by atoms with Gasteiger partial charge in [-0.05, 0) is 73.6 Å². The number of nitrogens with one attached hydrogen (secondary N) is 3. The van der Waals surface area contributed by atoms with Gasteiger partial charge in [0.15, 0.2) is 0 Å². The van der Waals surface area contributed by atoms with E-state index in [0.717, 1.165) is 19.3 Å². The molecule has 2 heterocycles. The largest absolute Gasteiger partial charge is 0.396 e. The van der Waals surface area contributed by atoms with Crippen molar-refractivity contribution in [1.29, 1.82) is 0 Å². The molecule has 0 bridgehead atoms. The van der Waals surface area contributed by atoms with Gasteiger partial charge in [-0.2, -0.15) is 15.0 Å². The van der Waals surface area contributed by atoms with Gasteiger partial charge in [-0.1, -0.05) is 6.92 Å². The van der Waals surface area contributed by atoms with Gasteiger partial charge in [0.25, 0.3) is 0 Å². The fourth-order valence-corrected chi connectivity index (χ4v) is 4.74. The molecule has 5 N–H and O–H groups in total. The van der Waals surface area contributed by atoms with Crippen molar-refractivity contribution in [2.75, 3.05) is 41.8 Å². The van der Waals surface area contributed by atoms with Gasteiger partial charge in [0.05, 0.1) is 0 Å². The predicted molar refractivity (Wildman–Crippen MR) is 131 cm³/mol. The number of aliphatic hydroxyl groups is 2. The molecule has 1 aliphatic heterocycles. The lowest BCUT2D eigenvalue weighted by Gasteiger charge is -2.53. The van der Waals surface area contributed by atoms with E-state index in [-0.39, 0.29) is 35.9 Å². The summed E-state index contributed by atoms with van der Waals surface area (Å²) >= 11 is 0. The number of aromatic nitrogens is 3. The highest BCUT2D eigenvalue weighted by Gasteiger charge is 2.44. The van der Waals surface area contributed by atoms with Crippen LogP contribution in [0, 0.1) is 0 Å². The van der Waals surface area contributed by atoms with Gasteiger partial charge >= 0.3 is 0 Å². The number of anilines is 3. The molecule has 1 aromatic rings. The maximum Gasteiger partial charge on any atom is 0.232 e. The smallest absolute Gasteiger partial charge is 0.232 e. The summed E-state index contributed by atoms with van der Waals surface area (Å²) in [6.07, 6.45) is 4.15. The van der Waals surface area contributed by atoms with Crippen LogP contribution in [-0.2, 0) is 0 Å². The van der Waals surface area contributed by atoms with E-state index in [1.54, 1.807) is 0 Å². The SMILES string of the molecule is CCC(C)(C)N(c1nc(NCCCO)nc(NCCCO)n1)C1CC(C)(C)NC(C)(C)C1. The summed E-state index contributed by atoms with van der Waals surface area (Å²) in [7, 11) is 0. The average Bonchev–Trinajstić information content (AvgIpc) is 2.66. The van der Waals surface area contributed by atoms with Crippen LogP contribution >= 0.6 is 0 Å². The van der Waals surface area contributed by atoms with Crippen molar-refractivity contribution in [1.82, 2.24) is 20.3 Å². The molecule has 0 radical (unpaired) electrons. The van der Waals surface area contributed by atoms with E-state index in [9.17, 15) is 0 Å². The van der Waals surface area contributed by atoms with Crippen molar-refractivity contribution in [2.24, 2.45) is 0 Å². The van der Waals surface area contributed by atoms with Gasteiger partial charge < -0.3 is 31.1 Å². The maximum absolute atomic E-state index is 9.15. The zero-order chi connectivity index (χ0) is 24.0. The van der Waals surface area contributed by atoms with Crippen molar-refractivity contribution in [3.63, 3.8) is 0 Å². The lowest BCUT2D eigenvalue weighted by atomic mass is 9.77. The monoisotopic (exact) mass is 451 g/mol. The van der Waals surface area contributed by atoms with Crippen LogP contribution < -0.4 is 20.9 Å². The molecule has 32 heavy (non-hydrogen) atoms. The highest BCUT2D eigenvalue weighted by atomic mass is 16.3. The molecule has 9 heteroatoms. The summed E-state index contributed by atoms with van der Waals surface area (Å²) in [5.41, 5.74) is -0.169. The summed E-state index contributed by atoms with van der Waals surface area (Å²) in [6.45, 7) is 17.1. The second-order valence-electron chi connectivity index (χ2n) is 10.8. The number of hydrogen-bond acceptors (Lipinski definition) is 9. The van der Waals surface area contributed by atoms with Gasteiger partial charge in [-0.3, -0.25) is 0 Å². The summed E-state index contributed by atoms with van der Waals surface area (Å²) < 4.78 is 0. The molecule has 0 aliphatic carbocycles. The van der Waals surface area contributed by atoms with E-state index in [1.807, 2.05) is 0 Å². The minimum Gasteiger partial charge on any atom is -0.396 e. The quantitative estimate of drug-likeness (QED) is 0.306. The van der Waals surface area contributed by atoms with Crippen LogP contribution in [0.5, 0.6) is 0 Å². The first-order chi connectivity index (χ1) is 14.9. The molecule has 0 amide bonds. The second kappa shape index (κ2) is 10.9. The number of aliphatic hydroxyl groups excluding tert-OH is 2.